The molecule has 1 unspecified atom stereocenters. The van der Waals surface area contributed by atoms with Crippen LogP contribution in [-0.2, 0) is 4.74 Å². The molecule has 0 saturated carbocycles. The zero-order valence-electron chi connectivity index (χ0n) is 12.3. The second-order valence-corrected chi connectivity index (χ2v) is 4.93. The van der Waals surface area contributed by atoms with Crippen LogP contribution >= 0.6 is 0 Å². The highest BCUT2D eigenvalue weighted by atomic mass is 16.5. The van der Waals surface area contributed by atoms with Gasteiger partial charge in [0, 0.05) is 13.7 Å². The first kappa shape index (κ1) is 13.9. The first-order valence-electron chi connectivity index (χ1n) is 7.20. The van der Waals surface area contributed by atoms with Crippen molar-refractivity contribution < 1.29 is 14.0 Å². The molecule has 0 spiro atoms. The van der Waals surface area contributed by atoms with E-state index in [0.29, 0.717) is 18.3 Å². The van der Waals surface area contributed by atoms with Crippen molar-refractivity contribution in [1.82, 2.24) is 10.1 Å². The quantitative estimate of drug-likeness (QED) is 0.912. The average Bonchev–Trinajstić information content (AvgIpc) is 3.01. The summed E-state index contributed by atoms with van der Waals surface area (Å²) in [4.78, 5) is 4.47. The van der Waals surface area contributed by atoms with Crippen LogP contribution < -0.4 is 10.1 Å². The fourth-order valence-corrected chi connectivity index (χ4v) is 2.43. The normalized spacial score (nSPS) is 15.0. The van der Waals surface area contributed by atoms with E-state index in [4.69, 9.17) is 14.0 Å². The molecule has 6 heteroatoms. The number of hydrogen-bond donors (Lipinski definition) is 1. The lowest BCUT2D eigenvalue weighted by Gasteiger charge is -2.20. The van der Waals surface area contributed by atoms with Gasteiger partial charge in [0.15, 0.2) is 5.75 Å². The van der Waals surface area contributed by atoms with Crippen molar-refractivity contribution in [2.24, 2.45) is 0 Å². The second kappa shape index (κ2) is 6.13. The van der Waals surface area contributed by atoms with Crippen LogP contribution in [-0.4, -0.2) is 30.4 Å². The SMILES string of the molecule is CCCC(OC)c1noc(-c2cccc3c2OCCN3)n1. The summed E-state index contributed by atoms with van der Waals surface area (Å²) in [5.74, 6) is 1.81. The molecule has 1 N–H and O–H groups in total. The first-order chi connectivity index (χ1) is 10.3. The molecule has 2 aromatic rings. The van der Waals surface area contributed by atoms with Crippen LogP contribution in [0.15, 0.2) is 22.7 Å². The van der Waals surface area contributed by atoms with Crippen LogP contribution in [0, 0.1) is 0 Å². The van der Waals surface area contributed by atoms with Gasteiger partial charge < -0.3 is 19.3 Å². The maximum atomic E-state index is 5.73. The summed E-state index contributed by atoms with van der Waals surface area (Å²) in [7, 11) is 1.66. The maximum absolute atomic E-state index is 5.73. The van der Waals surface area contributed by atoms with Gasteiger partial charge in [0.1, 0.15) is 12.7 Å². The van der Waals surface area contributed by atoms with Gasteiger partial charge in [-0.15, -0.1) is 0 Å². The molecule has 0 saturated heterocycles. The number of para-hydroxylation sites is 1. The molecule has 1 aliphatic heterocycles. The van der Waals surface area contributed by atoms with Crippen molar-refractivity contribution in [2.75, 3.05) is 25.6 Å². The Hall–Kier alpha value is -2.08. The van der Waals surface area contributed by atoms with Gasteiger partial charge in [-0.3, -0.25) is 0 Å². The maximum Gasteiger partial charge on any atom is 0.261 e. The molecule has 1 atom stereocenters. The summed E-state index contributed by atoms with van der Waals surface area (Å²) in [6.45, 7) is 3.52. The number of nitrogens with zero attached hydrogens (tertiary/aromatic N) is 2. The van der Waals surface area contributed by atoms with Crippen molar-refractivity contribution in [2.45, 2.75) is 25.9 Å². The zero-order chi connectivity index (χ0) is 14.7. The van der Waals surface area contributed by atoms with Crippen LogP contribution in [0.2, 0.25) is 0 Å². The molecule has 0 bridgehead atoms. The van der Waals surface area contributed by atoms with Crippen LogP contribution in [0.3, 0.4) is 0 Å². The number of nitrogens with one attached hydrogen (secondary N) is 1. The van der Waals surface area contributed by atoms with E-state index in [0.717, 1.165) is 36.4 Å². The Morgan fingerprint density at radius 1 is 1.43 bits per heavy atom. The molecule has 2 heterocycles. The topological polar surface area (TPSA) is 69.4 Å². The molecule has 0 radical (unpaired) electrons. The van der Waals surface area contributed by atoms with Gasteiger partial charge in [-0.1, -0.05) is 24.6 Å². The fourth-order valence-electron chi connectivity index (χ4n) is 2.43. The Labute approximate surface area is 123 Å². The minimum atomic E-state index is -0.133. The second-order valence-electron chi connectivity index (χ2n) is 4.93. The largest absolute Gasteiger partial charge is 0.489 e. The molecule has 112 valence electrons. The van der Waals surface area contributed by atoms with Crippen molar-refractivity contribution >= 4 is 5.69 Å². The van der Waals surface area contributed by atoms with Gasteiger partial charge in [0.05, 0.1) is 11.3 Å². The summed E-state index contributed by atoms with van der Waals surface area (Å²) in [6.07, 6.45) is 1.72. The van der Waals surface area contributed by atoms with E-state index in [1.54, 1.807) is 7.11 Å². The van der Waals surface area contributed by atoms with Crippen LogP contribution in [0.25, 0.3) is 11.5 Å². The Morgan fingerprint density at radius 2 is 2.33 bits per heavy atom. The molecular formula is C15H19N3O3. The first-order valence-corrected chi connectivity index (χ1v) is 7.20. The van der Waals surface area contributed by atoms with Gasteiger partial charge >= 0.3 is 0 Å². The van der Waals surface area contributed by atoms with Crippen LogP contribution in [0.4, 0.5) is 5.69 Å². The third kappa shape index (κ3) is 2.71. The molecule has 1 aromatic heterocycles. The minimum absolute atomic E-state index is 0.133. The summed E-state index contributed by atoms with van der Waals surface area (Å²) < 4.78 is 16.5. The summed E-state index contributed by atoms with van der Waals surface area (Å²) in [5.41, 5.74) is 1.76. The predicted octanol–water partition coefficient (Wildman–Crippen LogP) is 3.03. The monoisotopic (exact) mass is 289 g/mol. The number of methoxy groups -OCH3 is 1. The third-order valence-electron chi connectivity index (χ3n) is 3.47. The molecule has 21 heavy (non-hydrogen) atoms. The third-order valence-corrected chi connectivity index (χ3v) is 3.47. The van der Waals surface area contributed by atoms with Gasteiger partial charge in [0.25, 0.3) is 5.89 Å². The highest BCUT2D eigenvalue weighted by Gasteiger charge is 2.22. The number of fused-ring (bicyclic) bond motifs is 1. The molecule has 1 aliphatic rings. The smallest absolute Gasteiger partial charge is 0.261 e. The zero-order valence-corrected chi connectivity index (χ0v) is 12.3. The van der Waals surface area contributed by atoms with Crippen LogP contribution in [0.5, 0.6) is 5.75 Å². The van der Waals surface area contributed by atoms with Crippen molar-refractivity contribution in [3.05, 3.63) is 24.0 Å². The predicted molar refractivity (Wildman–Crippen MR) is 78.4 cm³/mol. The lowest BCUT2D eigenvalue weighted by Crippen LogP contribution is -2.18. The van der Waals surface area contributed by atoms with E-state index >= 15 is 0 Å². The van der Waals surface area contributed by atoms with Gasteiger partial charge in [-0.25, -0.2) is 0 Å². The summed E-state index contributed by atoms with van der Waals surface area (Å²) in [6, 6.07) is 5.84. The minimum Gasteiger partial charge on any atom is -0.489 e. The number of ether oxygens (including phenoxy) is 2. The van der Waals surface area contributed by atoms with Crippen molar-refractivity contribution in [1.29, 1.82) is 0 Å². The average molecular weight is 289 g/mol. The highest BCUT2D eigenvalue weighted by molar-refractivity contribution is 5.74. The highest BCUT2D eigenvalue weighted by Crippen LogP contribution is 2.37. The van der Waals surface area contributed by atoms with Crippen molar-refractivity contribution in [3.63, 3.8) is 0 Å². The Morgan fingerprint density at radius 3 is 3.14 bits per heavy atom. The van der Waals surface area contributed by atoms with E-state index < -0.39 is 0 Å². The number of aromatic nitrogens is 2. The lowest BCUT2D eigenvalue weighted by molar-refractivity contribution is 0.0854. The number of anilines is 1. The molecule has 3 rings (SSSR count). The van der Waals surface area contributed by atoms with Crippen LogP contribution in [0.1, 0.15) is 31.7 Å². The Bertz CT molecular complexity index is 612. The molecular weight excluding hydrogens is 270 g/mol. The number of benzene rings is 1. The molecule has 0 fully saturated rings. The van der Waals surface area contributed by atoms with E-state index in [1.165, 1.54) is 0 Å². The molecule has 6 nitrogen and oxygen atoms in total. The van der Waals surface area contributed by atoms with E-state index in [1.807, 2.05) is 18.2 Å². The summed E-state index contributed by atoms with van der Waals surface area (Å²) >= 11 is 0. The lowest BCUT2D eigenvalue weighted by atomic mass is 10.1. The van der Waals surface area contributed by atoms with Crippen molar-refractivity contribution in [3.8, 4) is 17.2 Å². The molecule has 1 aromatic carbocycles. The van der Waals surface area contributed by atoms with Gasteiger partial charge in [-0.2, -0.15) is 4.98 Å². The number of rotatable bonds is 5. The Kier molecular flexibility index (Phi) is 4.06. The standard InChI is InChI=1S/C15H19N3O3/c1-3-5-12(19-2)14-17-15(21-18-14)10-6-4-7-11-13(10)20-9-8-16-11/h4,6-7,12,16H,3,5,8-9H2,1-2H3. The van der Waals surface area contributed by atoms with Gasteiger partial charge in [0.2, 0.25) is 5.82 Å². The van der Waals surface area contributed by atoms with E-state index in [-0.39, 0.29) is 6.10 Å². The Balaban J connectivity index is 1.93. The van der Waals surface area contributed by atoms with E-state index in [9.17, 15) is 0 Å². The molecule has 0 amide bonds. The fraction of sp³-hybridized carbons (Fsp3) is 0.467. The molecule has 0 aliphatic carbocycles. The number of hydrogen-bond acceptors (Lipinski definition) is 6. The summed E-state index contributed by atoms with van der Waals surface area (Å²) in [5, 5.41) is 7.34. The van der Waals surface area contributed by atoms with E-state index in [2.05, 4.69) is 22.4 Å². The van der Waals surface area contributed by atoms with Gasteiger partial charge in [-0.05, 0) is 18.6 Å².